The largest absolute Gasteiger partial charge is 0.436 e. The van der Waals surface area contributed by atoms with Crippen molar-refractivity contribution in [3.63, 3.8) is 0 Å². The molecule has 0 radical (unpaired) electrons. The summed E-state index contributed by atoms with van der Waals surface area (Å²) in [5.74, 6) is 0.451. The first-order chi connectivity index (χ1) is 15.3. The monoisotopic (exact) mass is 405 g/mol. The van der Waals surface area contributed by atoms with Crippen molar-refractivity contribution in [3.8, 4) is 22.6 Å². The third kappa shape index (κ3) is 4.07. The molecule has 0 aliphatic rings. The highest BCUT2D eigenvalue weighted by molar-refractivity contribution is 5.94. The van der Waals surface area contributed by atoms with Crippen LogP contribution in [-0.4, -0.2) is 15.9 Å². The molecule has 0 fully saturated rings. The van der Waals surface area contributed by atoms with E-state index >= 15 is 0 Å². The first kappa shape index (κ1) is 18.8. The summed E-state index contributed by atoms with van der Waals surface area (Å²) in [4.78, 5) is 21.0. The number of fused-ring (bicyclic) bond motifs is 1. The van der Waals surface area contributed by atoms with Crippen LogP contribution >= 0.6 is 0 Å². The molecule has 2 heterocycles. The maximum absolute atomic E-state index is 12.5. The Morgan fingerprint density at radius 3 is 2.26 bits per heavy atom. The number of nitrogens with zero attached hydrogens (tertiary/aromatic N) is 2. The Kier molecular flexibility index (Phi) is 4.99. The van der Waals surface area contributed by atoms with Crippen molar-refractivity contribution in [2.45, 2.75) is 6.54 Å². The number of rotatable bonds is 5. The molecule has 31 heavy (non-hydrogen) atoms. The van der Waals surface area contributed by atoms with Crippen molar-refractivity contribution in [2.24, 2.45) is 0 Å². The summed E-state index contributed by atoms with van der Waals surface area (Å²) >= 11 is 0. The van der Waals surface area contributed by atoms with Crippen LogP contribution in [0.5, 0.6) is 0 Å². The highest BCUT2D eigenvalue weighted by atomic mass is 16.3. The Balaban J connectivity index is 1.23. The van der Waals surface area contributed by atoms with Gasteiger partial charge in [0.05, 0.1) is 6.20 Å². The molecule has 5 rings (SSSR count). The van der Waals surface area contributed by atoms with Gasteiger partial charge >= 0.3 is 0 Å². The standard InChI is InChI=1S/C26H19N3O2/c30-25(21-12-10-20(11-13-21)19-4-2-1-3-5-19)28-16-18-6-8-22(9-7-18)26-29-23-17-27-15-14-24(23)31-26/h1-15,17H,16H2,(H,28,30). The van der Waals surface area contributed by atoms with Crippen LogP contribution in [0.15, 0.2) is 102 Å². The number of carbonyl (C=O) groups is 1. The van der Waals surface area contributed by atoms with Gasteiger partial charge in [-0.25, -0.2) is 4.98 Å². The number of hydrogen-bond acceptors (Lipinski definition) is 4. The van der Waals surface area contributed by atoms with Gasteiger partial charge in [0, 0.05) is 29.9 Å². The predicted octanol–water partition coefficient (Wildman–Crippen LogP) is 5.49. The summed E-state index contributed by atoms with van der Waals surface area (Å²) in [5, 5.41) is 2.97. The molecular formula is C26H19N3O2. The summed E-state index contributed by atoms with van der Waals surface area (Å²) in [6, 6.07) is 27.3. The lowest BCUT2D eigenvalue weighted by Crippen LogP contribution is -2.22. The molecule has 5 nitrogen and oxygen atoms in total. The van der Waals surface area contributed by atoms with Gasteiger partial charge in [-0.15, -0.1) is 0 Å². The van der Waals surface area contributed by atoms with Gasteiger partial charge in [0.15, 0.2) is 5.58 Å². The summed E-state index contributed by atoms with van der Waals surface area (Å²) in [6.07, 6.45) is 3.36. The van der Waals surface area contributed by atoms with Crippen molar-refractivity contribution < 1.29 is 9.21 Å². The molecule has 0 aliphatic heterocycles. The van der Waals surface area contributed by atoms with Crippen LogP contribution < -0.4 is 5.32 Å². The Morgan fingerprint density at radius 1 is 0.806 bits per heavy atom. The summed E-state index contributed by atoms with van der Waals surface area (Å²) in [6.45, 7) is 0.441. The van der Waals surface area contributed by atoms with E-state index in [4.69, 9.17) is 4.42 Å². The van der Waals surface area contributed by atoms with E-state index in [0.29, 0.717) is 23.6 Å². The number of carbonyl (C=O) groups excluding carboxylic acids is 1. The van der Waals surface area contributed by atoms with Gasteiger partial charge in [-0.3, -0.25) is 9.78 Å². The summed E-state index contributed by atoms with van der Waals surface area (Å²) in [5.41, 5.74) is 6.16. The average Bonchev–Trinajstić information content (AvgIpc) is 3.28. The van der Waals surface area contributed by atoms with Crippen molar-refractivity contribution in [1.29, 1.82) is 0 Å². The van der Waals surface area contributed by atoms with Gasteiger partial charge in [-0.05, 0) is 41.0 Å². The fourth-order valence-electron chi connectivity index (χ4n) is 3.40. The molecule has 5 aromatic rings. The maximum Gasteiger partial charge on any atom is 0.251 e. The molecule has 2 aromatic heterocycles. The topological polar surface area (TPSA) is 68.0 Å². The maximum atomic E-state index is 12.5. The molecule has 0 saturated heterocycles. The lowest BCUT2D eigenvalue weighted by molar-refractivity contribution is 0.0951. The second kappa shape index (κ2) is 8.24. The van der Waals surface area contributed by atoms with Crippen molar-refractivity contribution in [1.82, 2.24) is 15.3 Å². The third-order valence-electron chi connectivity index (χ3n) is 5.10. The van der Waals surface area contributed by atoms with Crippen LogP contribution in [0.3, 0.4) is 0 Å². The molecule has 3 aromatic carbocycles. The molecule has 0 unspecified atom stereocenters. The van der Waals surface area contributed by atoms with Crippen molar-refractivity contribution in [2.75, 3.05) is 0 Å². The smallest absolute Gasteiger partial charge is 0.251 e. The molecule has 0 saturated carbocycles. The number of amides is 1. The highest BCUT2D eigenvalue weighted by Gasteiger charge is 2.09. The highest BCUT2D eigenvalue weighted by Crippen LogP contribution is 2.24. The lowest BCUT2D eigenvalue weighted by atomic mass is 10.0. The zero-order valence-corrected chi connectivity index (χ0v) is 16.7. The van der Waals surface area contributed by atoms with E-state index in [1.165, 1.54) is 0 Å². The molecular weight excluding hydrogens is 386 g/mol. The van der Waals surface area contributed by atoms with Gasteiger partial charge in [0.2, 0.25) is 5.89 Å². The fraction of sp³-hybridized carbons (Fsp3) is 0.0385. The Morgan fingerprint density at radius 2 is 1.52 bits per heavy atom. The number of aromatic nitrogens is 2. The average molecular weight is 405 g/mol. The minimum atomic E-state index is -0.102. The predicted molar refractivity (Wildman–Crippen MR) is 120 cm³/mol. The molecule has 0 atom stereocenters. The van der Waals surface area contributed by atoms with Crippen molar-refractivity contribution >= 4 is 17.0 Å². The van der Waals surface area contributed by atoms with Crippen LogP contribution in [0, 0.1) is 0 Å². The summed E-state index contributed by atoms with van der Waals surface area (Å²) < 4.78 is 5.77. The Labute approximate surface area is 179 Å². The van der Waals surface area contributed by atoms with Gasteiger partial charge < -0.3 is 9.73 Å². The van der Waals surface area contributed by atoms with Gasteiger partial charge in [0.25, 0.3) is 5.91 Å². The van der Waals surface area contributed by atoms with Crippen LogP contribution in [0.4, 0.5) is 0 Å². The number of oxazole rings is 1. The van der Waals surface area contributed by atoms with Crippen LogP contribution in [0.1, 0.15) is 15.9 Å². The number of pyridine rings is 1. The first-order valence-corrected chi connectivity index (χ1v) is 10.00. The quantitative estimate of drug-likeness (QED) is 0.420. The molecule has 0 aliphatic carbocycles. The Hall–Kier alpha value is -4.25. The third-order valence-corrected chi connectivity index (χ3v) is 5.10. The second-order valence-corrected chi connectivity index (χ2v) is 7.19. The van der Waals surface area contributed by atoms with Gasteiger partial charge in [0.1, 0.15) is 5.52 Å². The fourth-order valence-corrected chi connectivity index (χ4v) is 3.40. The molecule has 150 valence electrons. The Bertz CT molecular complexity index is 1290. The van der Waals surface area contributed by atoms with Crippen LogP contribution in [0.2, 0.25) is 0 Å². The van der Waals surface area contributed by atoms with E-state index in [2.05, 4.69) is 27.4 Å². The van der Waals surface area contributed by atoms with Crippen molar-refractivity contribution in [3.05, 3.63) is 108 Å². The first-order valence-electron chi connectivity index (χ1n) is 10.00. The zero-order valence-electron chi connectivity index (χ0n) is 16.7. The van der Waals surface area contributed by atoms with Gasteiger partial charge in [-0.2, -0.15) is 0 Å². The summed E-state index contributed by atoms with van der Waals surface area (Å²) in [7, 11) is 0. The number of benzene rings is 3. The zero-order chi connectivity index (χ0) is 21.0. The van der Waals surface area contributed by atoms with E-state index < -0.39 is 0 Å². The van der Waals surface area contributed by atoms with E-state index in [1.54, 1.807) is 18.5 Å². The lowest BCUT2D eigenvalue weighted by Gasteiger charge is -2.07. The molecule has 5 heteroatoms. The normalized spacial score (nSPS) is 10.8. The molecule has 1 N–H and O–H groups in total. The van der Waals surface area contributed by atoms with E-state index in [9.17, 15) is 4.79 Å². The minimum Gasteiger partial charge on any atom is -0.436 e. The minimum absolute atomic E-state index is 0.102. The van der Waals surface area contributed by atoms with E-state index in [0.717, 1.165) is 27.8 Å². The molecule has 1 amide bonds. The van der Waals surface area contributed by atoms with Crippen LogP contribution in [0.25, 0.3) is 33.7 Å². The SMILES string of the molecule is O=C(NCc1ccc(-c2nc3cnccc3o2)cc1)c1ccc(-c2ccccc2)cc1. The number of hydrogen-bond donors (Lipinski definition) is 1. The van der Waals surface area contributed by atoms with Gasteiger partial charge in [-0.1, -0.05) is 54.6 Å². The molecule has 0 spiro atoms. The molecule has 0 bridgehead atoms. The number of nitrogens with one attached hydrogen (secondary N) is 1. The van der Waals surface area contributed by atoms with E-state index in [-0.39, 0.29) is 5.91 Å². The second-order valence-electron chi connectivity index (χ2n) is 7.19. The van der Waals surface area contributed by atoms with Crippen LogP contribution in [-0.2, 0) is 6.54 Å². The van der Waals surface area contributed by atoms with E-state index in [1.807, 2.05) is 66.7 Å².